The Kier molecular flexibility index (Phi) is 3.65. The van der Waals surface area contributed by atoms with Crippen molar-refractivity contribution in [1.29, 1.82) is 0 Å². The van der Waals surface area contributed by atoms with E-state index in [0.29, 0.717) is 19.3 Å². The van der Waals surface area contributed by atoms with Crippen LogP contribution < -0.4 is 0 Å². The number of rotatable bonds is 3. The lowest BCUT2D eigenvalue weighted by Crippen LogP contribution is -2.31. The molecule has 0 aromatic carbocycles. The van der Waals surface area contributed by atoms with Gasteiger partial charge >= 0.3 is 11.9 Å². The molecule has 1 saturated carbocycles. The summed E-state index contributed by atoms with van der Waals surface area (Å²) >= 11 is 0. The molecule has 19 heavy (non-hydrogen) atoms. The van der Waals surface area contributed by atoms with Crippen molar-refractivity contribution < 1.29 is 23.9 Å². The van der Waals surface area contributed by atoms with Gasteiger partial charge in [-0.1, -0.05) is 6.92 Å². The Bertz CT molecular complexity index is 416. The predicted octanol–water partition coefficient (Wildman–Crippen LogP) is 1.49. The SMILES string of the molecule is COC(=O)C[C@@H]1C[C@@]2(C[C@@H]1C(C)=O)OC(=O)C[C@@H]2C. The smallest absolute Gasteiger partial charge is 0.306 e. The van der Waals surface area contributed by atoms with Gasteiger partial charge in [-0.05, 0) is 25.7 Å². The Hall–Kier alpha value is -1.39. The second kappa shape index (κ2) is 4.94. The van der Waals surface area contributed by atoms with Gasteiger partial charge in [0.2, 0.25) is 0 Å². The maximum absolute atomic E-state index is 11.8. The van der Waals surface area contributed by atoms with Gasteiger partial charge in [0.1, 0.15) is 11.4 Å². The highest BCUT2D eigenvalue weighted by Gasteiger charge is 2.56. The summed E-state index contributed by atoms with van der Waals surface area (Å²) in [4.78, 5) is 34.7. The molecular formula is C14H20O5. The summed E-state index contributed by atoms with van der Waals surface area (Å²) in [5.74, 6) is -0.657. The molecule has 0 amide bonds. The monoisotopic (exact) mass is 268 g/mol. The molecule has 1 aliphatic heterocycles. The van der Waals surface area contributed by atoms with E-state index >= 15 is 0 Å². The van der Waals surface area contributed by atoms with Gasteiger partial charge in [0.05, 0.1) is 13.5 Å². The molecule has 0 unspecified atom stereocenters. The van der Waals surface area contributed by atoms with Gasteiger partial charge in [-0.15, -0.1) is 0 Å². The highest BCUT2D eigenvalue weighted by molar-refractivity contribution is 5.81. The lowest BCUT2D eigenvalue weighted by Gasteiger charge is -2.26. The molecule has 4 atom stereocenters. The van der Waals surface area contributed by atoms with Crippen LogP contribution in [0, 0.1) is 17.8 Å². The van der Waals surface area contributed by atoms with Crippen molar-refractivity contribution in [2.24, 2.45) is 17.8 Å². The molecule has 0 aromatic heterocycles. The van der Waals surface area contributed by atoms with E-state index < -0.39 is 5.60 Å². The third kappa shape index (κ3) is 2.51. The molecule has 0 bridgehead atoms. The van der Waals surface area contributed by atoms with E-state index in [1.807, 2.05) is 6.92 Å². The molecule has 5 heteroatoms. The van der Waals surface area contributed by atoms with E-state index in [1.165, 1.54) is 14.0 Å². The minimum atomic E-state index is -0.549. The molecule has 1 heterocycles. The van der Waals surface area contributed by atoms with Crippen LogP contribution in [0.4, 0.5) is 0 Å². The summed E-state index contributed by atoms with van der Waals surface area (Å²) in [5.41, 5.74) is -0.549. The van der Waals surface area contributed by atoms with Crippen LogP contribution >= 0.6 is 0 Å². The molecule has 2 rings (SSSR count). The summed E-state index contributed by atoms with van der Waals surface area (Å²) in [6, 6.07) is 0. The second-order valence-corrected chi connectivity index (χ2v) is 5.81. The number of ether oxygens (including phenoxy) is 2. The Morgan fingerprint density at radius 3 is 2.58 bits per heavy atom. The van der Waals surface area contributed by atoms with Gasteiger partial charge in [-0.3, -0.25) is 14.4 Å². The van der Waals surface area contributed by atoms with E-state index in [2.05, 4.69) is 4.74 Å². The van der Waals surface area contributed by atoms with Gasteiger partial charge in [0.25, 0.3) is 0 Å². The number of esters is 2. The van der Waals surface area contributed by atoms with Crippen molar-refractivity contribution in [2.45, 2.75) is 45.1 Å². The van der Waals surface area contributed by atoms with Crippen molar-refractivity contribution >= 4 is 17.7 Å². The lowest BCUT2D eigenvalue weighted by atomic mass is 9.86. The third-order valence-corrected chi connectivity index (χ3v) is 4.61. The topological polar surface area (TPSA) is 69.7 Å². The normalized spacial score (nSPS) is 37.4. The molecule has 1 spiro atoms. The van der Waals surface area contributed by atoms with Crippen LogP contribution in [0.5, 0.6) is 0 Å². The zero-order chi connectivity index (χ0) is 14.2. The van der Waals surface area contributed by atoms with Crippen molar-refractivity contribution in [3.8, 4) is 0 Å². The first-order chi connectivity index (χ1) is 8.88. The van der Waals surface area contributed by atoms with Gasteiger partial charge in [-0.2, -0.15) is 0 Å². The summed E-state index contributed by atoms with van der Waals surface area (Å²) < 4.78 is 10.2. The zero-order valence-corrected chi connectivity index (χ0v) is 11.6. The maximum atomic E-state index is 11.8. The summed E-state index contributed by atoms with van der Waals surface area (Å²) in [6.07, 6.45) is 1.73. The first kappa shape index (κ1) is 14.0. The summed E-state index contributed by atoms with van der Waals surface area (Å²) in [6.45, 7) is 3.51. The van der Waals surface area contributed by atoms with Crippen LogP contribution in [0.2, 0.25) is 0 Å². The average molecular weight is 268 g/mol. The highest BCUT2D eigenvalue weighted by atomic mass is 16.6. The van der Waals surface area contributed by atoms with Crippen molar-refractivity contribution in [1.82, 2.24) is 0 Å². The quantitative estimate of drug-likeness (QED) is 0.725. The van der Waals surface area contributed by atoms with Gasteiger partial charge in [0, 0.05) is 18.3 Å². The molecule has 2 fully saturated rings. The number of hydrogen-bond donors (Lipinski definition) is 0. The molecule has 2 aliphatic rings. The Morgan fingerprint density at radius 2 is 2.11 bits per heavy atom. The van der Waals surface area contributed by atoms with Crippen molar-refractivity contribution in [3.05, 3.63) is 0 Å². The largest absolute Gasteiger partial charge is 0.469 e. The zero-order valence-electron chi connectivity index (χ0n) is 11.6. The van der Waals surface area contributed by atoms with Crippen LogP contribution in [0.1, 0.15) is 39.5 Å². The highest BCUT2D eigenvalue weighted by Crippen LogP contribution is 2.51. The maximum Gasteiger partial charge on any atom is 0.306 e. The van der Waals surface area contributed by atoms with Crippen LogP contribution in [-0.2, 0) is 23.9 Å². The van der Waals surface area contributed by atoms with Crippen LogP contribution in [0.25, 0.3) is 0 Å². The number of hydrogen-bond acceptors (Lipinski definition) is 5. The molecule has 0 aromatic rings. The van der Waals surface area contributed by atoms with E-state index in [-0.39, 0.29) is 41.9 Å². The Labute approximate surface area is 112 Å². The Morgan fingerprint density at radius 1 is 1.42 bits per heavy atom. The second-order valence-electron chi connectivity index (χ2n) is 5.81. The van der Waals surface area contributed by atoms with E-state index in [0.717, 1.165) is 0 Å². The van der Waals surface area contributed by atoms with Crippen molar-refractivity contribution in [3.63, 3.8) is 0 Å². The fourth-order valence-electron chi connectivity index (χ4n) is 3.49. The Balaban J connectivity index is 2.18. The molecule has 0 radical (unpaired) electrons. The van der Waals surface area contributed by atoms with Crippen molar-refractivity contribution in [2.75, 3.05) is 7.11 Å². The number of Topliss-reactive ketones (excluding diaryl/α,β-unsaturated/α-hetero) is 1. The number of ketones is 1. The first-order valence-corrected chi connectivity index (χ1v) is 6.67. The molecule has 1 saturated heterocycles. The fraction of sp³-hybridized carbons (Fsp3) is 0.786. The number of carbonyl (C=O) groups excluding carboxylic acids is 3. The minimum Gasteiger partial charge on any atom is -0.469 e. The van der Waals surface area contributed by atoms with Crippen LogP contribution in [0.15, 0.2) is 0 Å². The molecule has 0 N–H and O–H groups in total. The standard InChI is InChI=1S/C14H20O5/c1-8-4-13(17)19-14(8)6-10(5-12(16)18-3)11(7-14)9(2)15/h8,10-11H,4-7H2,1-3H3/t8-,10+,11+,14-/m0/s1. The third-order valence-electron chi connectivity index (χ3n) is 4.61. The number of methoxy groups -OCH3 is 1. The molecule has 1 aliphatic carbocycles. The fourth-order valence-corrected chi connectivity index (χ4v) is 3.49. The molecule has 5 nitrogen and oxygen atoms in total. The predicted molar refractivity (Wildman–Crippen MR) is 66.1 cm³/mol. The van der Waals surface area contributed by atoms with E-state index in [4.69, 9.17) is 4.74 Å². The van der Waals surface area contributed by atoms with E-state index in [9.17, 15) is 14.4 Å². The average Bonchev–Trinajstić information content (AvgIpc) is 2.81. The van der Waals surface area contributed by atoms with Gasteiger partial charge in [0.15, 0.2) is 0 Å². The summed E-state index contributed by atoms with van der Waals surface area (Å²) in [7, 11) is 1.34. The van der Waals surface area contributed by atoms with Crippen LogP contribution in [0.3, 0.4) is 0 Å². The van der Waals surface area contributed by atoms with E-state index in [1.54, 1.807) is 0 Å². The number of carbonyl (C=O) groups is 3. The summed E-state index contributed by atoms with van der Waals surface area (Å²) in [5, 5.41) is 0. The van der Waals surface area contributed by atoms with Gasteiger partial charge in [-0.25, -0.2) is 0 Å². The molecular weight excluding hydrogens is 248 g/mol. The minimum absolute atomic E-state index is 0.0564. The first-order valence-electron chi connectivity index (χ1n) is 6.67. The van der Waals surface area contributed by atoms with Crippen LogP contribution in [-0.4, -0.2) is 30.4 Å². The lowest BCUT2D eigenvalue weighted by molar-refractivity contribution is -0.149. The van der Waals surface area contributed by atoms with Gasteiger partial charge < -0.3 is 9.47 Å². The molecule has 106 valence electrons.